The number of anilines is 6. The number of hydrogen-bond donors (Lipinski definition) is 0. The largest absolute Gasteiger partial charge is 0.310 e. The molecule has 0 saturated carbocycles. The molecular weight excluding hydrogens is 917 g/mol. The average molecular weight is 967 g/mol. The van der Waals surface area contributed by atoms with Gasteiger partial charge in [-0.25, -0.2) is 0 Å². The topological polar surface area (TPSA) is 6.48 Å². The summed E-state index contributed by atoms with van der Waals surface area (Å²) in [5.74, 6) is 0. The molecule has 1 spiro atoms. The Morgan fingerprint density at radius 3 is 1.18 bits per heavy atom. The van der Waals surface area contributed by atoms with Gasteiger partial charge in [0, 0.05) is 22.6 Å². The zero-order chi connectivity index (χ0) is 50.2. The lowest BCUT2D eigenvalue weighted by molar-refractivity contribution is 0.752. The maximum Gasteiger partial charge on any atom is 0.0755 e. The van der Waals surface area contributed by atoms with Gasteiger partial charge in [0.25, 0.3) is 0 Å². The minimum absolute atomic E-state index is 0.584. The summed E-state index contributed by atoms with van der Waals surface area (Å²) in [6.45, 7) is 0. The monoisotopic (exact) mass is 966 g/mol. The number of fused-ring (bicyclic) bond motifs is 12. The van der Waals surface area contributed by atoms with Crippen LogP contribution in [0.4, 0.5) is 34.1 Å². The van der Waals surface area contributed by atoms with Crippen molar-refractivity contribution in [3.8, 4) is 44.5 Å². The minimum Gasteiger partial charge on any atom is -0.310 e. The predicted molar refractivity (Wildman–Crippen MR) is 315 cm³/mol. The molecule has 0 amide bonds. The lowest BCUT2D eigenvalue weighted by Gasteiger charge is -2.45. The molecule has 2 nitrogen and oxygen atoms in total. The molecule has 2 heteroatoms. The van der Waals surface area contributed by atoms with Crippen molar-refractivity contribution in [2.75, 3.05) is 9.80 Å². The van der Waals surface area contributed by atoms with Gasteiger partial charge in [-0.05, 0) is 138 Å². The van der Waals surface area contributed by atoms with Crippen LogP contribution in [0.1, 0.15) is 44.5 Å². The number of benzene rings is 12. The highest BCUT2D eigenvalue weighted by atomic mass is 15.2. The van der Waals surface area contributed by atoms with Crippen LogP contribution in [0.15, 0.2) is 303 Å². The normalized spacial score (nSPS) is 13.7. The summed E-state index contributed by atoms with van der Waals surface area (Å²) in [4.78, 5) is 5.01. The zero-order valence-corrected chi connectivity index (χ0v) is 41.8. The van der Waals surface area contributed by atoms with E-state index >= 15 is 0 Å². The third-order valence-electron chi connectivity index (χ3n) is 16.5. The van der Waals surface area contributed by atoms with Crippen molar-refractivity contribution >= 4 is 34.1 Å². The minimum atomic E-state index is -0.638. The van der Waals surface area contributed by atoms with Crippen molar-refractivity contribution in [1.29, 1.82) is 0 Å². The average Bonchev–Trinajstić information content (AvgIpc) is 4.08. The molecule has 1 heterocycles. The van der Waals surface area contributed by atoms with E-state index in [1.54, 1.807) is 0 Å². The molecule has 0 aromatic heterocycles. The van der Waals surface area contributed by atoms with Crippen LogP contribution in [0.3, 0.4) is 0 Å². The van der Waals surface area contributed by atoms with Crippen LogP contribution >= 0.6 is 0 Å². The summed E-state index contributed by atoms with van der Waals surface area (Å²) in [6.07, 6.45) is 0. The molecule has 356 valence electrons. The zero-order valence-electron chi connectivity index (χ0n) is 41.8. The fourth-order valence-corrected chi connectivity index (χ4v) is 13.6. The van der Waals surface area contributed by atoms with Gasteiger partial charge in [0.05, 0.1) is 27.9 Å². The highest BCUT2D eigenvalue weighted by Gasteiger charge is 2.52. The van der Waals surface area contributed by atoms with Gasteiger partial charge in [0.15, 0.2) is 0 Å². The van der Waals surface area contributed by atoms with E-state index in [9.17, 15) is 0 Å². The van der Waals surface area contributed by atoms with E-state index in [2.05, 4.69) is 313 Å². The van der Waals surface area contributed by atoms with Crippen molar-refractivity contribution in [3.05, 3.63) is 348 Å². The van der Waals surface area contributed by atoms with E-state index in [-0.39, 0.29) is 0 Å². The van der Waals surface area contributed by atoms with Crippen LogP contribution in [0.25, 0.3) is 44.5 Å². The predicted octanol–water partition coefficient (Wildman–Crippen LogP) is 19.0. The number of rotatable bonds is 8. The SMILES string of the molecule is c1ccc(-c2ccccc2-c2ccccc2N(c2ccc3c(c2)C(c2ccccc2)(c2ccccc2)c2ccccc2-3)c2ccc3c(c2)C2(c4ccccc4-3)c3ccccc3N(c3ccccc3)c3ccccc32)cc1. The van der Waals surface area contributed by atoms with E-state index < -0.39 is 10.8 Å². The standard InChI is InChI=1S/C74H50N2/c1-5-25-51(26-6-1)57-33-13-14-34-58(57)63-37-17-22-42-70(63)75(55-45-47-61-59-35-15-18-38-64(59)73(68(61)49-55,52-27-7-2-8-28-52)53-29-9-3-10-30-53)56-46-48-62-60-36-16-19-39-65(60)74(69(62)50-56)66-40-20-23-43-71(66)76(54-31-11-4-12-32-54)72-44-24-21-41-67(72)74/h1-50H. The van der Waals surface area contributed by atoms with Crippen molar-refractivity contribution in [1.82, 2.24) is 0 Å². The molecule has 76 heavy (non-hydrogen) atoms. The van der Waals surface area contributed by atoms with Crippen LogP contribution in [0.5, 0.6) is 0 Å². The second-order valence-electron chi connectivity index (χ2n) is 20.3. The Balaban J connectivity index is 1.03. The van der Waals surface area contributed by atoms with Gasteiger partial charge in [-0.3, -0.25) is 0 Å². The van der Waals surface area contributed by atoms with Gasteiger partial charge < -0.3 is 9.80 Å². The summed E-state index contributed by atoms with van der Waals surface area (Å²) in [5.41, 5.74) is 25.3. The quantitative estimate of drug-likeness (QED) is 0.150. The first-order valence-electron chi connectivity index (χ1n) is 26.4. The first kappa shape index (κ1) is 43.8. The maximum absolute atomic E-state index is 2.55. The van der Waals surface area contributed by atoms with Crippen molar-refractivity contribution < 1.29 is 0 Å². The van der Waals surface area contributed by atoms with Gasteiger partial charge >= 0.3 is 0 Å². The van der Waals surface area contributed by atoms with E-state index in [0.29, 0.717) is 0 Å². The van der Waals surface area contributed by atoms with E-state index in [0.717, 1.165) is 28.3 Å². The molecule has 0 N–H and O–H groups in total. The van der Waals surface area contributed by atoms with Crippen LogP contribution in [-0.2, 0) is 10.8 Å². The van der Waals surface area contributed by atoms with Crippen LogP contribution in [-0.4, -0.2) is 0 Å². The lowest BCUT2D eigenvalue weighted by atomic mass is 9.64. The third kappa shape index (κ3) is 6.28. The molecule has 1 aliphatic heterocycles. The Morgan fingerprint density at radius 1 is 0.250 bits per heavy atom. The summed E-state index contributed by atoms with van der Waals surface area (Å²) >= 11 is 0. The third-order valence-corrected chi connectivity index (χ3v) is 16.5. The van der Waals surface area contributed by atoms with Crippen molar-refractivity contribution in [2.45, 2.75) is 10.8 Å². The van der Waals surface area contributed by atoms with Gasteiger partial charge in [-0.1, -0.05) is 249 Å². The first-order valence-corrected chi connectivity index (χ1v) is 26.4. The number of nitrogens with zero attached hydrogens (tertiary/aromatic N) is 2. The molecule has 12 aromatic carbocycles. The van der Waals surface area contributed by atoms with E-state index in [1.165, 1.54) is 94.8 Å². The molecular formula is C74H50N2. The van der Waals surface area contributed by atoms with Crippen LogP contribution < -0.4 is 9.80 Å². The maximum atomic E-state index is 2.55. The Bertz CT molecular complexity index is 4090. The summed E-state index contributed by atoms with van der Waals surface area (Å²) in [7, 11) is 0. The van der Waals surface area contributed by atoms with Gasteiger partial charge in [-0.15, -0.1) is 0 Å². The molecule has 0 saturated heterocycles. The van der Waals surface area contributed by atoms with Gasteiger partial charge in [0.1, 0.15) is 0 Å². The first-order chi connectivity index (χ1) is 37.7. The van der Waals surface area contributed by atoms with Gasteiger partial charge in [-0.2, -0.15) is 0 Å². The summed E-state index contributed by atoms with van der Waals surface area (Å²) in [5, 5.41) is 0. The molecule has 0 unspecified atom stereocenters. The molecule has 12 aromatic rings. The Kier molecular flexibility index (Phi) is 10.0. The fraction of sp³-hybridized carbons (Fsp3) is 0.0270. The van der Waals surface area contributed by atoms with Crippen molar-refractivity contribution in [3.63, 3.8) is 0 Å². The second kappa shape index (κ2) is 17.4. The lowest BCUT2D eigenvalue weighted by Crippen LogP contribution is -2.36. The van der Waals surface area contributed by atoms with Crippen LogP contribution in [0.2, 0.25) is 0 Å². The van der Waals surface area contributed by atoms with Gasteiger partial charge in [0.2, 0.25) is 0 Å². The van der Waals surface area contributed by atoms with Crippen molar-refractivity contribution in [2.24, 2.45) is 0 Å². The fourth-order valence-electron chi connectivity index (χ4n) is 13.6. The molecule has 2 aliphatic carbocycles. The molecule has 15 rings (SSSR count). The molecule has 3 aliphatic rings. The Morgan fingerprint density at radius 2 is 0.632 bits per heavy atom. The second-order valence-corrected chi connectivity index (χ2v) is 20.3. The Labute approximate surface area is 444 Å². The molecule has 0 radical (unpaired) electrons. The van der Waals surface area contributed by atoms with E-state index in [4.69, 9.17) is 0 Å². The number of hydrogen-bond acceptors (Lipinski definition) is 2. The van der Waals surface area contributed by atoms with E-state index in [1.807, 2.05) is 0 Å². The molecule has 0 fully saturated rings. The molecule has 0 atom stereocenters. The highest BCUT2D eigenvalue weighted by Crippen LogP contribution is 2.64. The summed E-state index contributed by atoms with van der Waals surface area (Å²) < 4.78 is 0. The van der Waals surface area contributed by atoms with Crippen LogP contribution in [0, 0.1) is 0 Å². The number of para-hydroxylation sites is 4. The molecule has 0 bridgehead atoms. The summed E-state index contributed by atoms with van der Waals surface area (Å²) in [6, 6.07) is 113. The highest BCUT2D eigenvalue weighted by molar-refractivity contribution is 5.99. The Hall–Kier alpha value is -9.76. The smallest absolute Gasteiger partial charge is 0.0755 e.